The Bertz CT molecular complexity index is 307. The summed E-state index contributed by atoms with van der Waals surface area (Å²) < 4.78 is 0. The van der Waals surface area contributed by atoms with E-state index in [1.807, 2.05) is 0 Å². The zero-order valence-electron chi connectivity index (χ0n) is 8.75. The molecule has 2 atom stereocenters. The van der Waals surface area contributed by atoms with Gasteiger partial charge in [0.15, 0.2) is 0 Å². The number of guanidine groups is 1. The van der Waals surface area contributed by atoms with Gasteiger partial charge in [-0.25, -0.2) is 0 Å². The molecule has 0 aromatic rings. The molecule has 1 saturated heterocycles. The molecule has 0 aromatic carbocycles. The van der Waals surface area contributed by atoms with Crippen LogP contribution in [-0.2, 0) is 9.59 Å². The van der Waals surface area contributed by atoms with Crippen molar-refractivity contribution in [3.05, 3.63) is 0 Å². The van der Waals surface area contributed by atoms with Gasteiger partial charge >= 0.3 is 11.8 Å². The van der Waals surface area contributed by atoms with Crippen LogP contribution in [0, 0.1) is 11.8 Å². The van der Waals surface area contributed by atoms with Gasteiger partial charge in [0.25, 0.3) is 0 Å². The molecule has 2 N–H and O–H groups in total. The van der Waals surface area contributed by atoms with Crippen molar-refractivity contribution in [2.24, 2.45) is 16.8 Å². The average Bonchev–Trinajstić information content (AvgIpc) is 2.72. The first-order chi connectivity index (χ1) is 7.15. The van der Waals surface area contributed by atoms with Crippen molar-refractivity contribution in [1.82, 2.24) is 10.6 Å². The molecule has 1 heterocycles. The summed E-state index contributed by atoms with van der Waals surface area (Å²) in [5.74, 6) is 0.455. The van der Waals surface area contributed by atoms with Crippen LogP contribution in [0.4, 0.5) is 0 Å². The smallest absolute Gasteiger partial charge is 0.288 e. The molecular weight excluding hydrogens is 194 g/mol. The lowest BCUT2D eigenvalue weighted by Crippen LogP contribution is -2.26. The Kier molecular flexibility index (Phi) is 2.70. The molecule has 2 aliphatic rings. The van der Waals surface area contributed by atoms with Crippen molar-refractivity contribution in [2.45, 2.75) is 26.2 Å². The number of carbonyl (C=O) groups is 2. The van der Waals surface area contributed by atoms with Gasteiger partial charge in [0.1, 0.15) is 0 Å². The molecule has 2 amide bonds. The van der Waals surface area contributed by atoms with Gasteiger partial charge < -0.3 is 0 Å². The predicted molar refractivity (Wildman–Crippen MR) is 55.1 cm³/mol. The van der Waals surface area contributed by atoms with Crippen LogP contribution in [0.1, 0.15) is 26.2 Å². The molecule has 2 unspecified atom stereocenters. The maximum absolute atomic E-state index is 10.8. The van der Waals surface area contributed by atoms with E-state index in [4.69, 9.17) is 0 Å². The van der Waals surface area contributed by atoms with E-state index in [1.165, 1.54) is 19.3 Å². The highest BCUT2D eigenvalue weighted by molar-refractivity contribution is 6.45. The van der Waals surface area contributed by atoms with Gasteiger partial charge in [-0.1, -0.05) is 13.3 Å². The third-order valence-electron chi connectivity index (χ3n) is 2.98. The highest BCUT2D eigenvalue weighted by Gasteiger charge is 2.26. The Labute approximate surface area is 88.3 Å². The van der Waals surface area contributed by atoms with Crippen LogP contribution >= 0.6 is 0 Å². The number of hydrogen-bond acceptors (Lipinski definition) is 3. The van der Waals surface area contributed by atoms with E-state index in [9.17, 15) is 9.59 Å². The minimum Gasteiger partial charge on any atom is -0.288 e. The van der Waals surface area contributed by atoms with Crippen molar-refractivity contribution in [1.29, 1.82) is 0 Å². The molecule has 5 nitrogen and oxygen atoms in total. The Balaban J connectivity index is 1.85. The quantitative estimate of drug-likeness (QED) is 0.630. The van der Waals surface area contributed by atoms with Crippen LogP contribution in [-0.4, -0.2) is 24.3 Å². The normalized spacial score (nSPS) is 30.3. The van der Waals surface area contributed by atoms with Crippen LogP contribution in [0.25, 0.3) is 0 Å². The first-order valence-corrected chi connectivity index (χ1v) is 5.32. The van der Waals surface area contributed by atoms with E-state index in [1.54, 1.807) is 0 Å². The SMILES string of the molecule is CC1CCC(CN=C2NC(=O)C(=O)N2)C1. The number of carbonyl (C=O) groups excluding carboxylic acids is 2. The summed E-state index contributed by atoms with van der Waals surface area (Å²) in [7, 11) is 0. The van der Waals surface area contributed by atoms with Gasteiger partial charge in [-0.2, -0.15) is 0 Å². The number of nitrogens with zero attached hydrogens (tertiary/aromatic N) is 1. The Morgan fingerprint density at radius 3 is 2.47 bits per heavy atom. The van der Waals surface area contributed by atoms with Crippen molar-refractivity contribution in [2.75, 3.05) is 6.54 Å². The molecule has 0 bridgehead atoms. The lowest BCUT2D eigenvalue weighted by molar-refractivity contribution is -0.135. The third-order valence-corrected chi connectivity index (χ3v) is 2.98. The number of amides is 2. The number of rotatable bonds is 2. The molecule has 1 aliphatic carbocycles. The van der Waals surface area contributed by atoms with Crippen LogP contribution < -0.4 is 10.6 Å². The molecule has 1 aliphatic heterocycles. The minimum atomic E-state index is -0.617. The van der Waals surface area contributed by atoms with Crippen LogP contribution in [0.5, 0.6) is 0 Å². The van der Waals surface area contributed by atoms with E-state index < -0.39 is 11.8 Å². The molecule has 2 rings (SSSR count). The van der Waals surface area contributed by atoms with E-state index in [-0.39, 0.29) is 0 Å². The summed E-state index contributed by atoms with van der Waals surface area (Å²) in [6.45, 7) is 2.94. The molecular formula is C10H15N3O2. The minimum absolute atomic E-state index is 0.310. The second kappa shape index (κ2) is 4.00. The molecule has 0 spiro atoms. The summed E-state index contributed by atoms with van der Waals surface area (Å²) >= 11 is 0. The topological polar surface area (TPSA) is 70.6 Å². The molecule has 1 saturated carbocycles. The van der Waals surface area contributed by atoms with Gasteiger partial charge in [-0.3, -0.25) is 25.2 Å². The van der Waals surface area contributed by atoms with Gasteiger partial charge in [0, 0.05) is 6.54 Å². The lowest BCUT2D eigenvalue weighted by atomic mass is 10.1. The zero-order chi connectivity index (χ0) is 10.8. The fraction of sp³-hybridized carbons (Fsp3) is 0.700. The second-order valence-corrected chi connectivity index (χ2v) is 4.38. The summed E-state index contributed by atoms with van der Waals surface area (Å²) in [4.78, 5) is 25.9. The Morgan fingerprint density at radius 1 is 1.27 bits per heavy atom. The summed E-state index contributed by atoms with van der Waals surface area (Å²) in [5, 5.41) is 4.78. The summed E-state index contributed by atoms with van der Waals surface area (Å²) in [6.07, 6.45) is 3.65. The number of aliphatic imine (C=N–C) groups is 1. The number of hydrogen-bond donors (Lipinski definition) is 2. The van der Waals surface area contributed by atoms with Crippen molar-refractivity contribution in [3.8, 4) is 0 Å². The maximum atomic E-state index is 10.8. The van der Waals surface area contributed by atoms with E-state index in [2.05, 4.69) is 22.5 Å². The average molecular weight is 209 g/mol. The largest absolute Gasteiger partial charge is 0.316 e. The van der Waals surface area contributed by atoms with Crippen molar-refractivity contribution < 1.29 is 9.59 Å². The third kappa shape index (κ3) is 2.34. The standard InChI is InChI=1S/C10H15N3O2/c1-6-2-3-7(4-6)5-11-10-12-8(14)9(15)13-10/h6-7H,2-5H2,1H3,(H2,11,12,13,14,15). The van der Waals surface area contributed by atoms with Gasteiger partial charge in [0.05, 0.1) is 0 Å². The second-order valence-electron chi connectivity index (χ2n) is 4.38. The highest BCUT2D eigenvalue weighted by Crippen LogP contribution is 2.30. The van der Waals surface area contributed by atoms with E-state index >= 15 is 0 Å². The zero-order valence-corrected chi connectivity index (χ0v) is 8.75. The summed E-state index contributed by atoms with van der Waals surface area (Å²) in [5.41, 5.74) is 0. The number of nitrogens with one attached hydrogen (secondary N) is 2. The Morgan fingerprint density at radius 2 is 1.93 bits per heavy atom. The first kappa shape index (κ1) is 10.1. The molecule has 82 valence electrons. The fourth-order valence-electron chi connectivity index (χ4n) is 2.15. The van der Waals surface area contributed by atoms with Crippen LogP contribution in [0.15, 0.2) is 4.99 Å². The molecule has 15 heavy (non-hydrogen) atoms. The van der Waals surface area contributed by atoms with Gasteiger partial charge in [-0.05, 0) is 24.7 Å². The fourth-order valence-corrected chi connectivity index (χ4v) is 2.15. The molecule has 0 radical (unpaired) electrons. The van der Waals surface area contributed by atoms with Crippen LogP contribution in [0.2, 0.25) is 0 Å². The van der Waals surface area contributed by atoms with E-state index in [0.717, 1.165) is 5.92 Å². The lowest BCUT2D eigenvalue weighted by Gasteiger charge is -2.05. The molecule has 0 aromatic heterocycles. The molecule has 2 fully saturated rings. The summed E-state index contributed by atoms with van der Waals surface area (Å²) in [6, 6.07) is 0. The van der Waals surface area contributed by atoms with E-state index in [0.29, 0.717) is 18.4 Å². The molecule has 5 heteroatoms. The van der Waals surface area contributed by atoms with Gasteiger partial charge in [-0.15, -0.1) is 0 Å². The first-order valence-electron chi connectivity index (χ1n) is 5.32. The monoisotopic (exact) mass is 209 g/mol. The van der Waals surface area contributed by atoms with Crippen LogP contribution in [0.3, 0.4) is 0 Å². The predicted octanol–water partition coefficient (Wildman–Crippen LogP) is 0.0246. The maximum Gasteiger partial charge on any atom is 0.316 e. The highest BCUT2D eigenvalue weighted by atomic mass is 16.2. The van der Waals surface area contributed by atoms with Crippen molar-refractivity contribution in [3.63, 3.8) is 0 Å². The van der Waals surface area contributed by atoms with Gasteiger partial charge in [0.2, 0.25) is 5.96 Å². The Hall–Kier alpha value is -1.39. The van der Waals surface area contributed by atoms with Crippen molar-refractivity contribution >= 4 is 17.8 Å².